The summed E-state index contributed by atoms with van der Waals surface area (Å²) in [5.41, 5.74) is 1.92. The third kappa shape index (κ3) is 4.27. The minimum Gasteiger partial charge on any atom is -0.366 e. The standard InChI is InChI=1S/C16H21N3O2S/c1-11(2)16-18-12(3)9-15(19-16)17-10-13-5-7-14(8-6-13)22(4,20)21/h5-9,11H,10H2,1-4H3,(H,17,18,19). The van der Waals surface area contributed by atoms with Crippen LogP contribution in [0.1, 0.15) is 36.8 Å². The second-order valence-corrected chi connectivity index (χ2v) is 7.69. The van der Waals surface area contributed by atoms with Crippen LogP contribution >= 0.6 is 0 Å². The molecule has 0 radical (unpaired) electrons. The molecule has 6 heteroatoms. The first kappa shape index (κ1) is 16.4. The second kappa shape index (κ2) is 6.44. The molecule has 0 spiro atoms. The molecule has 0 saturated carbocycles. The Morgan fingerprint density at radius 3 is 2.32 bits per heavy atom. The van der Waals surface area contributed by atoms with Gasteiger partial charge in [0.25, 0.3) is 0 Å². The van der Waals surface area contributed by atoms with Gasteiger partial charge in [-0.05, 0) is 24.6 Å². The lowest BCUT2D eigenvalue weighted by molar-refractivity contribution is 0.602. The summed E-state index contributed by atoms with van der Waals surface area (Å²) in [5, 5.41) is 3.25. The predicted octanol–water partition coefficient (Wildman–Crippen LogP) is 2.92. The van der Waals surface area contributed by atoms with Gasteiger partial charge in [-0.1, -0.05) is 26.0 Å². The molecule has 1 heterocycles. The van der Waals surface area contributed by atoms with E-state index in [2.05, 4.69) is 29.1 Å². The van der Waals surface area contributed by atoms with Crippen LogP contribution in [0.5, 0.6) is 0 Å². The summed E-state index contributed by atoms with van der Waals surface area (Å²) < 4.78 is 22.9. The monoisotopic (exact) mass is 319 g/mol. The van der Waals surface area contributed by atoms with Gasteiger partial charge in [0, 0.05) is 30.5 Å². The average molecular weight is 319 g/mol. The van der Waals surface area contributed by atoms with Gasteiger partial charge >= 0.3 is 0 Å². The van der Waals surface area contributed by atoms with Crippen LogP contribution in [0.2, 0.25) is 0 Å². The zero-order valence-corrected chi connectivity index (χ0v) is 14.1. The number of nitrogens with one attached hydrogen (secondary N) is 1. The Hall–Kier alpha value is -1.95. The molecular formula is C16H21N3O2S. The van der Waals surface area contributed by atoms with Gasteiger partial charge < -0.3 is 5.32 Å². The molecule has 0 aliphatic heterocycles. The molecule has 0 aliphatic carbocycles. The number of nitrogens with zero attached hydrogens (tertiary/aromatic N) is 2. The van der Waals surface area contributed by atoms with Crippen molar-refractivity contribution in [1.82, 2.24) is 9.97 Å². The predicted molar refractivity (Wildman–Crippen MR) is 87.7 cm³/mol. The molecule has 1 aromatic carbocycles. The SMILES string of the molecule is Cc1cc(NCc2ccc(S(C)(=O)=O)cc2)nc(C(C)C)n1. The van der Waals surface area contributed by atoms with Crippen molar-refractivity contribution < 1.29 is 8.42 Å². The van der Waals surface area contributed by atoms with E-state index >= 15 is 0 Å². The minimum absolute atomic E-state index is 0.273. The quantitative estimate of drug-likeness (QED) is 0.917. The first-order valence-electron chi connectivity index (χ1n) is 7.14. The van der Waals surface area contributed by atoms with E-state index in [0.717, 1.165) is 22.9 Å². The molecule has 0 bridgehead atoms. The van der Waals surface area contributed by atoms with Gasteiger partial charge in [0.2, 0.25) is 0 Å². The van der Waals surface area contributed by atoms with Gasteiger partial charge in [0.05, 0.1) is 4.90 Å². The zero-order valence-electron chi connectivity index (χ0n) is 13.3. The van der Waals surface area contributed by atoms with Crippen LogP contribution in [-0.2, 0) is 16.4 Å². The molecule has 22 heavy (non-hydrogen) atoms. The van der Waals surface area contributed by atoms with Crippen LogP contribution < -0.4 is 5.32 Å². The number of anilines is 1. The van der Waals surface area contributed by atoms with Gasteiger partial charge in [-0.3, -0.25) is 0 Å². The Morgan fingerprint density at radius 1 is 1.14 bits per heavy atom. The Morgan fingerprint density at radius 2 is 1.77 bits per heavy atom. The molecule has 118 valence electrons. The number of hydrogen-bond donors (Lipinski definition) is 1. The fraction of sp³-hybridized carbons (Fsp3) is 0.375. The van der Waals surface area contributed by atoms with Gasteiger partial charge in [-0.25, -0.2) is 18.4 Å². The maximum Gasteiger partial charge on any atom is 0.175 e. The first-order chi connectivity index (χ1) is 10.3. The number of rotatable bonds is 5. The smallest absolute Gasteiger partial charge is 0.175 e. The number of hydrogen-bond acceptors (Lipinski definition) is 5. The summed E-state index contributed by atoms with van der Waals surface area (Å²) >= 11 is 0. The average Bonchev–Trinajstić information content (AvgIpc) is 2.44. The largest absolute Gasteiger partial charge is 0.366 e. The third-order valence-corrected chi connectivity index (χ3v) is 4.34. The number of sulfone groups is 1. The van der Waals surface area contributed by atoms with E-state index in [1.807, 2.05) is 13.0 Å². The Balaban J connectivity index is 2.10. The number of benzene rings is 1. The zero-order chi connectivity index (χ0) is 16.3. The van der Waals surface area contributed by atoms with Gasteiger partial charge in [-0.15, -0.1) is 0 Å². The molecule has 0 aliphatic rings. The van der Waals surface area contributed by atoms with Gasteiger partial charge in [0.15, 0.2) is 9.84 Å². The Labute approximate surface area is 131 Å². The summed E-state index contributed by atoms with van der Waals surface area (Å²) in [6, 6.07) is 8.76. The van der Waals surface area contributed by atoms with Crippen LogP contribution in [0.25, 0.3) is 0 Å². The summed E-state index contributed by atoms with van der Waals surface area (Å²) in [6.45, 7) is 6.64. The molecule has 1 N–H and O–H groups in total. The maximum atomic E-state index is 11.4. The van der Waals surface area contributed by atoms with E-state index in [4.69, 9.17) is 0 Å². The van der Waals surface area contributed by atoms with Crippen molar-refractivity contribution in [3.05, 3.63) is 47.4 Å². The summed E-state index contributed by atoms with van der Waals surface area (Å²) in [7, 11) is -3.15. The van der Waals surface area contributed by atoms with Crippen molar-refractivity contribution in [3.63, 3.8) is 0 Å². The molecular weight excluding hydrogens is 298 g/mol. The fourth-order valence-electron chi connectivity index (χ4n) is 1.99. The van der Waals surface area contributed by atoms with E-state index in [1.165, 1.54) is 6.26 Å². The second-order valence-electron chi connectivity index (χ2n) is 5.68. The maximum absolute atomic E-state index is 11.4. The normalized spacial score (nSPS) is 11.7. The molecule has 0 fully saturated rings. The van der Waals surface area contributed by atoms with Crippen LogP contribution in [0, 0.1) is 6.92 Å². The van der Waals surface area contributed by atoms with Gasteiger partial charge in [0.1, 0.15) is 11.6 Å². The molecule has 0 amide bonds. The van der Waals surface area contributed by atoms with Crippen molar-refractivity contribution in [3.8, 4) is 0 Å². The fourth-order valence-corrected chi connectivity index (χ4v) is 2.62. The number of aryl methyl sites for hydroxylation is 1. The van der Waals surface area contributed by atoms with E-state index in [1.54, 1.807) is 24.3 Å². The summed E-state index contributed by atoms with van der Waals surface area (Å²) in [6.07, 6.45) is 1.21. The van der Waals surface area contributed by atoms with Crippen LogP contribution in [0.4, 0.5) is 5.82 Å². The highest BCUT2D eigenvalue weighted by Crippen LogP contribution is 2.15. The van der Waals surface area contributed by atoms with E-state index in [9.17, 15) is 8.42 Å². The third-order valence-electron chi connectivity index (χ3n) is 3.21. The van der Waals surface area contributed by atoms with E-state index in [0.29, 0.717) is 11.4 Å². The molecule has 0 saturated heterocycles. The van der Waals surface area contributed by atoms with Crippen molar-refractivity contribution >= 4 is 15.7 Å². The Kier molecular flexibility index (Phi) is 4.81. The lowest BCUT2D eigenvalue weighted by atomic mass is 10.2. The molecule has 1 aromatic heterocycles. The highest BCUT2D eigenvalue weighted by atomic mass is 32.2. The topological polar surface area (TPSA) is 72.0 Å². The van der Waals surface area contributed by atoms with Crippen LogP contribution in [-0.4, -0.2) is 24.6 Å². The molecule has 2 rings (SSSR count). The van der Waals surface area contributed by atoms with E-state index in [-0.39, 0.29) is 5.92 Å². The van der Waals surface area contributed by atoms with Crippen molar-refractivity contribution in [1.29, 1.82) is 0 Å². The number of aromatic nitrogens is 2. The lowest BCUT2D eigenvalue weighted by Crippen LogP contribution is -2.06. The minimum atomic E-state index is -3.15. The van der Waals surface area contributed by atoms with E-state index < -0.39 is 9.84 Å². The Bertz CT molecular complexity index is 753. The summed E-state index contributed by atoms with van der Waals surface area (Å²) in [4.78, 5) is 9.23. The summed E-state index contributed by atoms with van der Waals surface area (Å²) in [5.74, 6) is 1.87. The lowest BCUT2D eigenvalue weighted by Gasteiger charge is -2.10. The molecule has 2 aromatic rings. The molecule has 0 atom stereocenters. The van der Waals surface area contributed by atoms with Crippen LogP contribution in [0.3, 0.4) is 0 Å². The van der Waals surface area contributed by atoms with Crippen molar-refractivity contribution in [2.45, 2.75) is 38.1 Å². The molecule has 5 nitrogen and oxygen atoms in total. The van der Waals surface area contributed by atoms with Crippen molar-refractivity contribution in [2.75, 3.05) is 11.6 Å². The van der Waals surface area contributed by atoms with Crippen molar-refractivity contribution in [2.24, 2.45) is 0 Å². The van der Waals surface area contributed by atoms with Crippen LogP contribution in [0.15, 0.2) is 35.2 Å². The van der Waals surface area contributed by atoms with Gasteiger partial charge in [-0.2, -0.15) is 0 Å². The first-order valence-corrected chi connectivity index (χ1v) is 9.03. The molecule has 0 unspecified atom stereocenters. The highest BCUT2D eigenvalue weighted by Gasteiger charge is 2.08. The highest BCUT2D eigenvalue weighted by molar-refractivity contribution is 7.90.